The summed E-state index contributed by atoms with van der Waals surface area (Å²) in [5.74, 6) is -0.556. The van der Waals surface area contributed by atoms with Crippen LogP contribution < -0.4 is 5.43 Å². The second-order valence-electron chi connectivity index (χ2n) is 6.97. The molecular weight excluding hydrogens is 514 g/mol. The van der Waals surface area contributed by atoms with Crippen molar-refractivity contribution in [1.29, 1.82) is 0 Å². The first-order valence-corrected chi connectivity index (χ1v) is 12.2. The van der Waals surface area contributed by atoms with Crippen LogP contribution >= 0.6 is 27.5 Å². The van der Waals surface area contributed by atoms with Gasteiger partial charge in [-0.15, -0.1) is 0 Å². The Balaban J connectivity index is 1.82. The number of nitrogens with one attached hydrogen (secondary N) is 1. The predicted octanol–water partition coefficient (Wildman–Crippen LogP) is 4.75. The van der Waals surface area contributed by atoms with Crippen molar-refractivity contribution in [1.82, 2.24) is 9.73 Å². The first-order valence-electron chi connectivity index (χ1n) is 9.64. The average molecular weight is 535 g/mol. The molecule has 0 atom stereocenters. The minimum Gasteiger partial charge on any atom is -0.272 e. The number of sulfonamides is 1. The van der Waals surface area contributed by atoms with Crippen LogP contribution in [0.4, 0.5) is 0 Å². The summed E-state index contributed by atoms with van der Waals surface area (Å²) in [5, 5.41) is 4.38. The van der Waals surface area contributed by atoms with E-state index >= 15 is 0 Å². The summed E-state index contributed by atoms with van der Waals surface area (Å²) in [6.45, 7) is 1.54. The van der Waals surface area contributed by atoms with Gasteiger partial charge in [-0.05, 0) is 48.4 Å². The van der Waals surface area contributed by atoms with Crippen LogP contribution in [-0.2, 0) is 21.4 Å². The molecule has 0 aromatic heterocycles. The van der Waals surface area contributed by atoms with Gasteiger partial charge in [0.1, 0.15) is 0 Å². The maximum absolute atomic E-state index is 13.3. The van der Waals surface area contributed by atoms with Gasteiger partial charge in [0.25, 0.3) is 5.91 Å². The highest BCUT2D eigenvalue weighted by Crippen LogP contribution is 2.21. The normalized spacial score (nSPS) is 11.8. The molecule has 0 unspecified atom stereocenters. The number of hydrogen-bond donors (Lipinski definition) is 1. The van der Waals surface area contributed by atoms with Gasteiger partial charge in [0.2, 0.25) is 10.0 Å². The number of halogens is 2. The maximum Gasteiger partial charge on any atom is 0.255 e. The van der Waals surface area contributed by atoms with E-state index in [1.165, 1.54) is 30.5 Å². The third-order valence-electron chi connectivity index (χ3n) is 4.68. The Morgan fingerprint density at radius 1 is 1.06 bits per heavy atom. The van der Waals surface area contributed by atoms with E-state index in [2.05, 4.69) is 26.5 Å². The van der Waals surface area contributed by atoms with E-state index in [9.17, 15) is 13.2 Å². The average Bonchev–Trinajstić information content (AvgIpc) is 2.76. The Bertz CT molecular complexity index is 1230. The number of carbonyl (C=O) groups is 1. The largest absolute Gasteiger partial charge is 0.272 e. The number of aryl methyl sites for hydroxylation is 1. The van der Waals surface area contributed by atoms with E-state index in [-0.39, 0.29) is 11.4 Å². The van der Waals surface area contributed by atoms with E-state index in [4.69, 9.17) is 11.6 Å². The van der Waals surface area contributed by atoms with E-state index in [0.717, 1.165) is 25.5 Å². The minimum atomic E-state index is -3.96. The summed E-state index contributed by atoms with van der Waals surface area (Å²) < 4.78 is 28.5. The standard InChI is InChI=1S/C23H21BrClN3O3S/c1-17-6-2-3-8-19(17)15-28(32(30,31)21-12-10-20(25)11-13-21)16-23(29)27-26-14-18-7-4-5-9-22(18)24/h2-14H,15-16H2,1H3,(H,27,29)/b26-14-. The molecule has 1 N–H and O–H groups in total. The maximum atomic E-state index is 13.3. The smallest absolute Gasteiger partial charge is 0.255 e. The van der Waals surface area contributed by atoms with E-state index in [0.29, 0.717) is 5.02 Å². The molecule has 0 saturated heterocycles. The summed E-state index contributed by atoms with van der Waals surface area (Å²) in [6, 6.07) is 20.7. The molecule has 3 aromatic carbocycles. The van der Waals surface area contributed by atoms with Crippen molar-refractivity contribution in [2.24, 2.45) is 5.10 Å². The van der Waals surface area contributed by atoms with Crippen molar-refractivity contribution in [2.45, 2.75) is 18.4 Å². The third kappa shape index (κ3) is 6.26. The Labute approximate surface area is 201 Å². The fourth-order valence-corrected chi connectivity index (χ4v) is 4.80. The Morgan fingerprint density at radius 3 is 2.41 bits per heavy atom. The zero-order valence-electron chi connectivity index (χ0n) is 17.2. The Morgan fingerprint density at radius 2 is 1.72 bits per heavy atom. The molecule has 0 aliphatic carbocycles. The lowest BCUT2D eigenvalue weighted by Crippen LogP contribution is -2.39. The number of amides is 1. The van der Waals surface area contributed by atoms with E-state index < -0.39 is 22.5 Å². The second kappa shape index (κ2) is 10.9. The lowest BCUT2D eigenvalue weighted by atomic mass is 10.1. The van der Waals surface area contributed by atoms with Crippen LogP contribution in [0.2, 0.25) is 5.02 Å². The summed E-state index contributed by atoms with van der Waals surface area (Å²) in [6.07, 6.45) is 1.49. The number of carbonyl (C=O) groups excluding carboxylic acids is 1. The van der Waals surface area contributed by atoms with E-state index in [1.807, 2.05) is 55.5 Å². The quantitative estimate of drug-likeness (QED) is 0.335. The van der Waals surface area contributed by atoms with Crippen LogP contribution in [0.3, 0.4) is 0 Å². The van der Waals surface area contributed by atoms with Crippen molar-refractivity contribution in [3.63, 3.8) is 0 Å². The number of hydrazone groups is 1. The Hall–Kier alpha value is -2.52. The van der Waals surface area contributed by atoms with E-state index in [1.54, 1.807) is 0 Å². The molecule has 0 bridgehead atoms. The number of nitrogens with zero attached hydrogens (tertiary/aromatic N) is 2. The molecule has 166 valence electrons. The van der Waals surface area contributed by atoms with Crippen molar-refractivity contribution >= 4 is 49.7 Å². The number of hydrogen-bond acceptors (Lipinski definition) is 4. The van der Waals surface area contributed by atoms with Gasteiger partial charge < -0.3 is 0 Å². The van der Waals surface area contributed by atoms with Gasteiger partial charge in [-0.1, -0.05) is 70.0 Å². The SMILES string of the molecule is Cc1ccccc1CN(CC(=O)N/N=C\c1ccccc1Br)S(=O)(=O)c1ccc(Cl)cc1. The molecule has 0 spiro atoms. The Kier molecular flexibility index (Phi) is 8.20. The molecule has 6 nitrogen and oxygen atoms in total. The predicted molar refractivity (Wildman–Crippen MR) is 130 cm³/mol. The van der Waals surface area contributed by atoms with Gasteiger partial charge in [-0.25, -0.2) is 13.8 Å². The monoisotopic (exact) mass is 533 g/mol. The summed E-state index contributed by atoms with van der Waals surface area (Å²) in [7, 11) is -3.96. The van der Waals surface area contributed by atoms with Gasteiger partial charge >= 0.3 is 0 Å². The molecule has 0 aliphatic heterocycles. The summed E-state index contributed by atoms with van der Waals surface area (Å²) >= 11 is 9.31. The second-order valence-corrected chi connectivity index (χ2v) is 10.2. The van der Waals surface area contributed by atoms with Crippen LogP contribution in [0.25, 0.3) is 0 Å². The topological polar surface area (TPSA) is 78.8 Å². The van der Waals surface area contributed by atoms with Gasteiger partial charge in [-0.3, -0.25) is 4.79 Å². The third-order valence-corrected chi connectivity index (χ3v) is 7.46. The van der Waals surface area contributed by atoms with Crippen LogP contribution in [-0.4, -0.2) is 31.4 Å². The highest BCUT2D eigenvalue weighted by Gasteiger charge is 2.27. The van der Waals surface area contributed by atoms with Crippen LogP contribution in [0.5, 0.6) is 0 Å². The zero-order chi connectivity index (χ0) is 23.1. The van der Waals surface area contributed by atoms with Gasteiger partial charge in [-0.2, -0.15) is 9.41 Å². The molecule has 3 aromatic rings. The number of benzene rings is 3. The summed E-state index contributed by atoms with van der Waals surface area (Å²) in [5.41, 5.74) is 4.91. The van der Waals surface area contributed by atoms with Gasteiger partial charge in [0.15, 0.2) is 0 Å². The molecule has 9 heteroatoms. The van der Waals surface area contributed by atoms with Crippen molar-refractivity contribution in [2.75, 3.05) is 6.54 Å². The van der Waals surface area contributed by atoms with Crippen LogP contribution in [0.1, 0.15) is 16.7 Å². The molecule has 0 saturated carbocycles. The molecular formula is C23H21BrClN3O3S. The van der Waals surface area contributed by atoms with Gasteiger partial charge in [0, 0.05) is 21.6 Å². The summed E-state index contributed by atoms with van der Waals surface area (Å²) in [4.78, 5) is 12.6. The minimum absolute atomic E-state index is 0.0407. The molecule has 32 heavy (non-hydrogen) atoms. The molecule has 3 rings (SSSR count). The van der Waals surface area contributed by atoms with Crippen molar-refractivity contribution in [3.8, 4) is 0 Å². The highest BCUT2D eigenvalue weighted by atomic mass is 79.9. The van der Waals surface area contributed by atoms with Gasteiger partial charge in [0.05, 0.1) is 17.7 Å². The lowest BCUT2D eigenvalue weighted by molar-refractivity contribution is -0.121. The molecule has 0 fully saturated rings. The first kappa shape index (κ1) is 24.1. The molecule has 0 aliphatic rings. The molecule has 0 heterocycles. The van der Waals surface area contributed by atoms with Crippen molar-refractivity contribution in [3.05, 3.63) is 99.0 Å². The fraction of sp³-hybridized carbons (Fsp3) is 0.130. The first-order chi connectivity index (χ1) is 15.3. The highest BCUT2D eigenvalue weighted by molar-refractivity contribution is 9.10. The zero-order valence-corrected chi connectivity index (χ0v) is 20.4. The lowest BCUT2D eigenvalue weighted by Gasteiger charge is -2.22. The van der Waals surface area contributed by atoms with Crippen LogP contribution in [0.15, 0.2) is 87.3 Å². The molecule has 1 amide bonds. The fourth-order valence-electron chi connectivity index (χ4n) is 2.91. The van der Waals surface area contributed by atoms with Crippen LogP contribution in [0, 0.1) is 6.92 Å². The molecule has 0 radical (unpaired) electrons. The number of rotatable bonds is 8. The van der Waals surface area contributed by atoms with Crippen molar-refractivity contribution < 1.29 is 13.2 Å².